The van der Waals surface area contributed by atoms with E-state index >= 15 is 0 Å². The van der Waals surface area contributed by atoms with Gasteiger partial charge in [-0.3, -0.25) is 0 Å². The lowest BCUT2D eigenvalue weighted by Crippen LogP contribution is -2.18. The predicted molar refractivity (Wildman–Crippen MR) is 74.9 cm³/mol. The average Bonchev–Trinajstić information content (AvgIpc) is 2.84. The molecule has 0 saturated carbocycles. The van der Waals surface area contributed by atoms with Gasteiger partial charge < -0.3 is 14.5 Å². The number of methoxy groups -OCH3 is 1. The van der Waals surface area contributed by atoms with Gasteiger partial charge in [0.15, 0.2) is 16.2 Å². The molecule has 1 aromatic carbocycles. The van der Waals surface area contributed by atoms with Gasteiger partial charge in [0, 0.05) is 0 Å². The molecule has 1 N–H and O–H groups in total. The topological polar surface area (TPSA) is 34.4 Å². The lowest BCUT2D eigenvalue weighted by Gasteiger charge is -2.15. The molecule has 0 fully saturated rings. The quantitative estimate of drug-likeness (QED) is 0.909. The van der Waals surface area contributed by atoms with E-state index in [1.165, 1.54) is 7.11 Å². The average molecular weight is 328 g/mol. The molecule has 0 aliphatic carbocycles. The Bertz CT molecular complexity index is 556. The highest BCUT2D eigenvalue weighted by Gasteiger charge is 2.17. The van der Waals surface area contributed by atoms with E-state index in [0.29, 0.717) is 16.7 Å². The Morgan fingerprint density at radius 2 is 2.16 bits per heavy atom. The molecule has 19 heavy (non-hydrogen) atoms. The van der Waals surface area contributed by atoms with Crippen molar-refractivity contribution in [2.24, 2.45) is 0 Å². The predicted octanol–water partition coefficient (Wildman–Crippen LogP) is 3.69. The number of likely N-dealkylation sites (N-methyl/N-ethyl adjacent to an activating group) is 1. The summed E-state index contributed by atoms with van der Waals surface area (Å²) >= 11 is 3.26. The number of ether oxygens (including phenoxy) is 1. The molecular weight excluding hydrogens is 313 g/mol. The van der Waals surface area contributed by atoms with Gasteiger partial charge in [-0.2, -0.15) is 0 Å². The van der Waals surface area contributed by atoms with Crippen LogP contribution in [-0.4, -0.2) is 14.2 Å². The Balaban J connectivity index is 2.23. The molecule has 0 saturated heterocycles. The van der Waals surface area contributed by atoms with Gasteiger partial charge in [0.1, 0.15) is 5.76 Å². The van der Waals surface area contributed by atoms with Gasteiger partial charge >= 0.3 is 0 Å². The number of hydrogen-bond donors (Lipinski definition) is 1. The second kappa shape index (κ2) is 6.21. The summed E-state index contributed by atoms with van der Waals surface area (Å²) in [5.41, 5.74) is 0.589. The van der Waals surface area contributed by atoms with Gasteiger partial charge in [-0.15, -0.1) is 0 Å². The van der Waals surface area contributed by atoms with E-state index < -0.39 is 0 Å². The minimum atomic E-state index is -0.323. The third-order valence-electron chi connectivity index (χ3n) is 2.97. The summed E-state index contributed by atoms with van der Waals surface area (Å²) in [4.78, 5) is 0. The second-order valence-corrected chi connectivity index (χ2v) is 4.90. The van der Waals surface area contributed by atoms with Crippen molar-refractivity contribution in [3.63, 3.8) is 0 Å². The fourth-order valence-electron chi connectivity index (χ4n) is 1.95. The van der Waals surface area contributed by atoms with E-state index in [1.54, 1.807) is 18.2 Å². The molecule has 0 bridgehead atoms. The maximum atomic E-state index is 14.1. The number of benzene rings is 1. The number of nitrogens with one attached hydrogen (secondary N) is 1. The summed E-state index contributed by atoms with van der Waals surface area (Å²) in [6, 6.07) is 8.73. The maximum absolute atomic E-state index is 14.1. The van der Waals surface area contributed by atoms with Crippen molar-refractivity contribution in [2.45, 2.75) is 12.5 Å². The van der Waals surface area contributed by atoms with Gasteiger partial charge in [-0.05, 0) is 53.2 Å². The Kier molecular flexibility index (Phi) is 4.61. The Morgan fingerprint density at radius 1 is 1.37 bits per heavy atom. The summed E-state index contributed by atoms with van der Waals surface area (Å²) in [7, 11) is 3.28. The molecule has 1 unspecified atom stereocenters. The van der Waals surface area contributed by atoms with Crippen molar-refractivity contribution in [3.05, 3.63) is 52.1 Å². The monoisotopic (exact) mass is 327 g/mol. The molecule has 0 spiro atoms. The van der Waals surface area contributed by atoms with Crippen LogP contribution in [0.4, 0.5) is 4.39 Å². The van der Waals surface area contributed by atoms with Crippen LogP contribution >= 0.6 is 15.9 Å². The van der Waals surface area contributed by atoms with E-state index in [0.717, 1.165) is 5.76 Å². The summed E-state index contributed by atoms with van der Waals surface area (Å²) in [6.45, 7) is 0. The van der Waals surface area contributed by atoms with Gasteiger partial charge in [0.2, 0.25) is 0 Å². The molecule has 5 heteroatoms. The van der Waals surface area contributed by atoms with E-state index in [4.69, 9.17) is 9.15 Å². The first-order valence-corrected chi connectivity index (χ1v) is 6.69. The van der Waals surface area contributed by atoms with Crippen molar-refractivity contribution >= 4 is 15.9 Å². The van der Waals surface area contributed by atoms with Gasteiger partial charge in [-0.1, -0.05) is 12.1 Å². The summed E-state index contributed by atoms with van der Waals surface area (Å²) in [6.07, 6.45) is 0.486. The van der Waals surface area contributed by atoms with Crippen LogP contribution in [-0.2, 0) is 6.42 Å². The van der Waals surface area contributed by atoms with Crippen molar-refractivity contribution in [1.29, 1.82) is 0 Å². The fourth-order valence-corrected chi connectivity index (χ4v) is 2.27. The molecule has 3 nitrogen and oxygen atoms in total. The summed E-state index contributed by atoms with van der Waals surface area (Å²) in [5.74, 6) is 0.695. The van der Waals surface area contributed by atoms with Crippen molar-refractivity contribution < 1.29 is 13.5 Å². The van der Waals surface area contributed by atoms with Gasteiger partial charge in [-0.25, -0.2) is 4.39 Å². The fraction of sp³-hybridized carbons (Fsp3) is 0.286. The minimum Gasteiger partial charge on any atom is -0.494 e. The minimum absolute atomic E-state index is 0.0899. The maximum Gasteiger partial charge on any atom is 0.169 e. The van der Waals surface area contributed by atoms with Crippen LogP contribution in [0.25, 0.3) is 0 Å². The second-order valence-electron chi connectivity index (χ2n) is 4.12. The lowest BCUT2D eigenvalue weighted by atomic mass is 10.0. The van der Waals surface area contributed by atoms with Crippen molar-refractivity contribution in [3.8, 4) is 5.75 Å². The number of furan rings is 1. The number of rotatable bonds is 5. The van der Waals surface area contributed by atoms with Crippen LogP contribution in [0.3, 0.4) is 0 Å². The zero-order valence-electron chi connectivity index (χ0n) is 10.7. The molecular formula is C14H15BrFNO2. The van der Waals surface area contributed by atoms with Crippen LogP contribution in [0, 0.1) is 5.82 Å². The largest absolute Gasteiger partial charge is 0.494 e. The van der Waals surface area contributed by atoms with Gasteiger partial charge in [0.25, 0.3) is 0 Å². The highest BCUT2D eigenvalue weighted by atomic mass is 79.9. The zero-order chi connectivity index (χ0) is 13.8. The molecule has 1 aromatic heterocycles. The summed E-state index contributed by atoms with van der Waals surface area (Å²) in [5, 5.41) is 3.12. The lowest BCUT2D eigenvalue weighted by molar-refractivity contribution is 0.379. The highest BCUT2D eigenvalue weighted by Crippen LogP contribution is 2.27. The molecule has 2 rings (SSSR count). The molecule has 1 atom stereocenters. The van der Waals surface area contributed by atoms with Crippen molar-refractivity contribution in [2.75, 3.05) is 14.2 Å². The van der Waals surface area contributed by atoms with Crippen LogP contribution in [0.5, 0.6) is 5.75 Å². The molecule has 102 valence electrons. The SMILES string of the molecule is CNC(Cc1cccc(OC)c1F)c1ccc(Br)o1. The molecule has 0 aliphatic rings. The van der Waals surface area contributed by atoms with E-state index in [1.807, 2.05) is 19.2 Å². The van der Waals surface area contributed by atoms with Crippen LogP contribution in [0.1, 0.15) is 17.4 Å². The Hall–Kier alpha value is -1.33. The van der Waals surface area contributed by atoms with E-state index in [-0.39, 0.29) is 17.6 Å². The normalized spacial score (nSPS) is 12.4. The first-order chi connectivity index (χ1) is 9.15. The summed E-state index contributed by atoms with van der Waals surface area (Å²) < 4.78 is 25.2. The highest BCUT2D eigenvalue weighted by molar-refractivity contribution is 9.10. The Labute approximate surface area is 119 Å². The molecule has 0 amide bonds. The smallest absolute Gasteiger partial charge is 0.169 e. The van der Waals surface area contributed by atoms with E-state index in [2.05, 4.69) is 21.2 Å². The van der Waals surface area contributed by atoms with Crippen LogP contribution in [0.2, 0.25) is 0 Å². The molecule has 2 aromatic rings. The zero-order valence-corrected chi connectivity index (χ0v) is 12.3. The first-order valence-electron chi connectivity index (χ1n) is 5.89. The molecule has 0 aliphatic heterocycles. The standard InChI is InChI=1S/C14H15BrFNO2/c1-17-10(11-6-7-13(15)19-11)8-9-4-3-5-12(18-2)14(9)16/h3-7,10,17H,8H2,1-2H3. The third-order valence-corrected chi connectivity index (χ3v) is 3.40. The van der Waals surface area contributed by atoms with Crippen molar-refractivity contribution in [1.82, 2.24) is 5.32 Å². The number of halogens is 2. The van der Waals surface area contributed by atoms with Crippen LogP contribution < -0.4 is 10.1 Å². The number of hydrogen-bond acceptors (Lipinski definition) is 3. The van der Waals surface area contributed by atoms with Gasteiger partial charge in [0.05, 0.1) is 13.2 Å². The Morgan fingerprint density at radius 3 is 2.74 bits per heavy atom. The first kappa shape index (κ1) is 14.1. The third kappa shape index (κ3) is 3.16. The molecule has 1 heterocycles. The van der Waals surface area contributed by atoms with Crippen LogP contribution in [0.15, 0.2) is 39.4 Å². The molecule has 0 radical (unpaired) electrons. The van der Waals surface area contributed by atoms with E-state index in [9.17, 15) is 4.39 Å².